The molecular weight excluding hydrogens is 428 g/mol. The highest BCUT2D eigenvalue weighted by atomic mass is 35.5. The molecule has 2 aromatic carbocycles. The van der Waals surface area contributed by atoms with Crippen molar-refractivity contribution in [2.24, 2.45) is 0 Å². The quantitative estimate of drug-likeness (QED) is 0.464. The van der Waals surface area contributed by atoms with Crippen LogP contribution in [0.2, 0.25) is 5.02 Å². The molecule has 0 aliphatic rings. The lowest BCUT2D eigenvalue weighted by atomic mass is 10.2. The van der Waals surface area contributed by atoms with Crippen LogP contribution in [0.15, 0.2) is 65.6 Å². The van der Waals surface area contributed by atoms with E-state index in [4.69, 9.17) is 16.3 Å². The Morgan fingerprint density at radius 3 is 2.37 bits per heavy atom. The number of rotatable bonds is 9. The van der Waals surface area contributed by atoms with Gasteiger partial charge >= 0.3 is 5.97 Å². The third-order valence-electron chi connectivity index (χ3n) is 4.04. The molecule has 0 radical (unpaired) electrons. The molecule has 0 aromatic heterocycles. The van der Waals surface area contributed by atoms with Crippen LogP contribution in [0.3, 0.4) is 0 Å². The molecule has 0 fully saturated rings. The molecule has 0 aliphatic carbocycles. The Balaban J connectivity index is 2.14. The maximum atomic E-state index is 12.6. The fourth-order valence-corrected chi connectivity index (χ4v) is 3.77. The van der Waals surface area contributed by atoms with Crippen LogP contribution in [-0.4, -0.2) is 44.9 Å². The highest BCUT2D eigenvalue weighted by molar-refractivity contribution is 7.92. The van der Waals surface area contributed by atoms with E-state index in [-0.39, 0.29) is 22.1 Å². The van der Waals surface area contributed by atoms with Crippen molar-refractivity contribution in [3.63, 3.8) is 0 Å². The predicted octanol–water partition coefficient (Wildman–Crippen LogP) is 3.72. The third-order valence-corrected chi connectivity index (χ3v) is 5.67. The third kappa shape index (κ3) is 6.33. The van der Waals surface area contributed by atoms with Crippen molar-refractivity contribution < 1.29 is 22.7 Å². The Kier molecular flexibility index (Phi) is 8.02. The van der Waals surface area contributed by atoms with Crippen molar-refractivity contribution in [3.05, 3.63) is 71.3 Å². The Labute approximate surface area is 181 Å². The summed E-state index contributed by atoms with van der Waals surface area (Å²) >= 11 is 5.80. The number of hydrogen-bond donors (Lipinski definition) is 1. The van der Waals surface area contributed by atoms with E-state index in [9.17, 15) is 18.0 Å². The zero-order chi connectivity index (χ0) is 22.3. The number of amides is 1. The van der Waals surface area contributed by atoms with Gasteiger partial charge in [0.15, 0.2) is 6.61 Å². The van der Waals surface area contributed by atoms with Gasteiger partial charge < -0.3 is 9.64 Å². The highest BCUT2D eigenvalue weighted by Crippen LogP contribution is 2.22. The van der Waals surface area contributed by atoms with Crippen LogP contribution in [-0.2, 0) is 19.6 Å². The minimum absolute atomic E-state index is 0.00853. The van der Waals surface area contributed by atoms with Crippen molar-refractivity contribution in [1.82, 2.24) is 4.90 Å². The highest BCUT2D eigenvalue weighted by Gasteiger charge is 2.21. The number of hydrogen-bond acceptors (Lipinski definition) is 5. The van der Waals surface area contributed by atoms with Gasteiger partial charge in [0, 0.05) is 18.1 Å². The Morgan fingerprint density at radius 2 is 1.77 bits per heavy atom. The number of sulfonamides is 1. The lowest BCUT2D eigenvalue weighted by Crippen LogP contribution is -2.35. The second-order valence-electron chi connectivity index (χ2n) is 6.55. The van der Waals surface area contributed by atoms with E-state index in [0.717, 1.165) is 5.57 Å². The molecule has 160 valence electrons. The number of nitrogens with zero attached hydrogens (tertiary/aromatic N) is 1. The molecular formula is C21H23ClN2O5S. The maximum absolute atomic E-state index is 12.6. The fourth-order valence-electron chi connectivity index (χ4n) is 2.57. The Morgan fingerprint density at radius 1 is 1.13 bits per heavy atom. The normalized spacial score (nSPS) is 10.9. The first-order valence-electron chi connectivity index (χ1n) is 9.10. The van der Waals surface area contributed by atoms with Crippen LogP contribution >= 0.6 is 11.6 Å². The number of benzene rings is 2. The molecule has 1 N–H and O–H groups in total. The summed E-state index contributed by atoms with van der Waals surface area (Å²) in [5.41, 5.74) is 0.837. The molecule has 7 nitrogen and oxygen atoms in total. The average Bonchev–Trinajstić information content (AvgIpc) is 2.70. The van der Waals surface area contributed by atoms with Gasteiger partial charge in [0.2, 0.25) is 0 Å². The number of esters is 1. The smallest absolute Gasteiger partial charge is 0.340 e. The summed E-state index contributed by atoms with van der Waals surface area (Å²) in [7, 11) is -3.95. The van der Waals surface area contributed by atoms with Gasteiger partial charge in [0.1, 0.15) is 0 Å². The zero-order valence-corrected chi connectivity index (χ0v) is 18.3. The van der Waals surface area contributed by atoms with Gasteiger partial charge in [-0.1, -0.05) is 35.9 Å². The van der Waals surface area contributed by atoms with Gasteiger partial charge in [0.25, 0.3) is 15.9 Å². The molecule has 9 heteroatoms. The number of halogens is 1. The number of likely N-dealkylation sites (N-methyl/N-ethyl adjacent to an activating group) is 1. The monoisotopic (exact) mass is 450 g/mol. The standard InChI is InChI=1S/C21H23ClN2O5S/c1-4-24(13-15(2)3)20(25)14-29-21(26)18-7-5-6-8-19(18)23-30(27,28)17-11-9-16(22)10-12-17/h5-12,23H,2,4,13-14H2,1,3H3. The van der Waals surface area contributed by atoms with Crippen LogP contribution in [0.4, 0.5) is 5.69 Å². The summed E-state index contributed by atoms with van der Waals surface area (Å²) in [5, 5.41) is 0.398. The van der Waals surface area contributed by atoms with Gasteiger partial charge in [-0.05, 0) is 50.2 Å². The van der Waals surface area contributed by atoms with Crippen molar-refractivity contribution in [3.8, 4) is 0 Å². The fraction of sp³-hybridized carbons (Fsp3) is 0.238. The Bertz CT molecular complexity index is 1040. The van der Waals surface area contributed by atoms with Crippen LogP contribution in [0.1, 0.15) is 24.2 Å². The number of carbonyl (C=O) groups is 2. The van der Waals surface area contributed by atoms with E-state index in [2.05, 4.69) is 11.3 Å². The van der Waals surface area contributed by atoms with Gasteiger partial charge in [-0.25, -0.2) is 13.2 Å². The summed E-state index contributed by atoms with van der Waals surface area (Å²) in [4.78, 5) is 26.3. The van der Waals surface area contributed by atoms with Crippen LogP contribution in [0.25, 0.3) is 0 Å². The summed E-state index contributed by atoms with van der Waals surface area (Å²) in [5.74, 6) is -1.18. The molecule has 0 heterocycles. The molecule has 2 rings (SSSR count). The van der Waals surface area contributed by atoms with Crippen LogP contribution < -0.4 is 4.72 Å². The molecule has 1 amide bonds. The van der Waals surface area contributed by atoms with E-state index in [1.54, 1.807) is 19.1 Å². The van der Waals surface area contributed by atoms with Crippen molar-refractivity contribution in [1.29, 1.82) is 0 Å². The lowest BCUT2D eigenvalue weighted by molar-refractivity contribution is -0.133. The van der Waals surface area contributed by atoms with E-state index < -0.39 is 22.6 Å². The van der Waals surface area contributed by atoms with E-state index in [0.29, 0.717) is 18.1 Å². The largest absolute Gasteiger partial charge is 0.452 e. The predicted molar refractivity (Wildman–Crippen MR) is 116 cm³/mol. The first-order chi connectivity index (χ1) is 14.1. The SMILES string of the molecule is C=C(C)CN(CC)C(=O)COC(=O)c1ccccc1NS(=O)(=O)c1ccc(Cl)cc1. The average molecular weight is 451 g/mol. The minimum atomic E-state index is -3.95. The zero-order valence-electron chi connectivity index (χ0n) is 16.7. The van der Waals surface area contributed by atoms with Crippen LogP contribution in [0, 0.1) is 0 Å². The number of carbonyl (C=O) groups excluding carboxylic acids is 2. The summed E-state index contributed by atoms with van der Waals surface area (Å²) < 4.78 is 32.7. The second-order valence-corrected chi connectivity index (χ2v) is 8.66. The second kappa shape index (κ2) is 10.3. The number of para-hydroxylation sites is 1. The molecule has 0 bridgehead atoms. The molecule has 2 aromatic rings. The van der Waals surface area contributed by atoms with Crippen molar-refractivity contribution >= 4 is 39.2 Å². The van der Waals surface area contributed by atoms with Crippen LogP contribution in [0.5, 0.6) is 0 Å². The maximum Gasteiger partial charge on any atom is 0.340 e. The molecule has 30 heavy (non-hydrogen) atoms. The van der Waals surface area contributed by atoms with Gasteiger partial charge in [-0.3, -0.25) is 9.52 Å². The van der Waals surface area contributed by atoms with Gasteiger partial charge in [0.05, 0.1) is 16.1 Å². The molecule has 0 saturated heterocycles. The molecule has 0 saturated carbocycles. The number of anilines is 1. The summed E-state index contributed by atoms with van der Waals surface area (Å²) in [6.07, 6.45) is 0. The topological polar surface area (TPSA) is 92.8 Å². The Hall–Kier alpha value is -2.84. The molecule has 0 aliphatic heterocycles. The first-order valence-corrected chi connectivity index (χ1v) is 11.0. The first kappa shape index (κ1) is 23.4. The van der Waals surface area contributed by atoms with E-state index >= 15 is 0 Å². The number of nitrogens with one attached hydrogen (secondary N) is 1. The molecule has 0 unspecified atom stereocenters. The van der Waals surface area contributed by atoms with Gasteiger partial charge in [-0.15, -0.1) is 0 Å². The summed E-state index contributed by atoms with van der Waals surface area (Å²) in [6.45, 7) is 7.73. The number of ether oxygens (including phenoxy) is 1. The van der Waals surface area contributed by atoms with E-state index in [1.807, 2.05) is 6.92 Å². The van der Waals surface area contributed by atoms with Gasteiger partial charge in [-0.2, -0.15) is 0 Å². The molecule has 0 atom stereocenters. The van der Waals surface area contributed by atoms with Crippen molar-refractivity contribution in [2.75, 3.05) is 24.4 Å². The van der Waals surface area contributed by atoms with E-state index in [1.165, 1.54) is 41.3 Å². The lowest BCUT2D eigenvalue weighted by Gasteiger charge is -2.20. The molecule has 0 spiro atoms. The summed E-state index contributed by atoms with van der Waals surface area (Å²) in [6, 6.07) is 11.6. The van der Waals surface area contributed by atoms with Crippen molar-refractivity contribution in [2.45, 2.75) is 18.7 Å². The minimum Gasteiger partial charge on any atom is -0.452 e.